The molecule has 0 heterocycles. The van der Waals surface area contributed by atoms with Crippen LogP contribution in [-0.4, -0.2) is 19.0 Å². The second-order valence-electron chi connectivity index (χ2n) is 8.59. The lowest BCUT2D eigenvalue weighted by molar-refractivity contribution is 0.103. The number of ketones is 1. The van der Waals surface area contributed by atoms with Crippen molar-refractivity contribution in [2.24, 2.45) is 0 Å². The van der Waals surface area contributed by atoms with Gasteiger partial charge in [-0.3, -0.25) is 4.79 Å². The maximum Gasteiger partial charge on any atom is 0.196 e. The predicted octanol–water partition coefficient (Wildman–Crippen LogP) is 8.40. The van der Waals surface area contributed by atoms with E-state index in [1.54, 1.807) is 0 Å². The van der Waals surface area contributed by atoms with Gasteiger partial charge in [0, 0.05) is 11.6 Å². The van der Waals surface area contributed by atoms with Crippen LogP contribution >= 0.6 is 0 Å². The van der Waals surface area contributed by atoms with E-state index in [-0.39, 0.29) is 5.78 Å². The molecule has 0 saturated heterocycles. The molecule has 2 aromatic rings. The van der Waals surface area contributed by atoms with Crippen molar-refractivity contribution in [1.29, 1.82) is 0 Å². The SMILES string of the molecule is CCCCCCCCOc1ccc(C(=O)c2ccccc2)c(OCCCCCCCC)c1. The lowest BCUT2D eigenvalue weighted by Crippen LogP contribution is -2.07. The van der Waals surface area contributed by atoms with E-state index in [0.29, 0.717) is 30.1 Å². The van der Waals surface area contributed by atoms with Gasteiger partial charge in [-0.1, -0.05) is 108 Å². The molecule has 0 aliphatic rings. The molecule has 0 spiro atoms. The van der Waals surface area contributed by atoms with Gasteiger partial charge in [0.25, 0.3) is 0 Å². The Labute approximate surface area is 195 Å². The van der Waals surface area contributed by atoms with Gasteiger partial charge in [-0.05, 0) is 25.0 Å². The monoisotopic (exact) mass is 438 g/mol. The minimum absolute atomic E-state index is 0.00831. The molecule has 0 unspecified atom stereocenters. The van der Waals surface area contributed by atoms with Crippen LogP contribution in [-0.2, 0) is 0 Å². The summed E-state index contributed by atoms with van der Waals surface area (Å²) in [7, 11) is 0. The topological polar surface area (TPSA) is 35.5 Å². The van der Waals surface area contributed by atoms with E-state index in [0.717, 1.165) is 25.0 Å². The fourth-order valence-electron chi connectivity index (χ4n) is 3.78. The molecular formula is C29H42O3. The molecule has 0 radical (unpaired) electrons. The molecular weight excluding hydrogens is 396 g/mol. The average Bonchev–Trinajstić information content (AvgIpc) is 2.83. The number of benzene rings is 2. The Morgan fingerprint density at radius 1 is 0.656 bits per heavy atom. The molecule has 0 N–H and O–H groups in total. The van der Waals surface area contributed by atoms with Crippen molar-refractivity contribution in [3.8, 4) is 11.5 Å². The second-order valence-corrected chi connectivity index (χ2v) is 8.59. The standard InChI is InChI=1S/C29H42O3/c1-3-5-7-9-11-16-22-31-26-20-21-27(29(30)25-18-14-13-15-19-25)28(24-26)32-23-17-12-10-8-6-4-2/h13-15,18-21,24H,3-12,16-17,22-23H2,1-2H3. The first-order valence-electron chi connectivity index (χ1n) is 12.8. The predicted molar refractivity (Wildman–Crippen MR) is 134 cm³/mol. The summed E-state index contributed by atoms with van der Waals surface area (Å²) in [5, 5.41) is 0. The van der Waals surface area contributed by atoms with E-state index in [1.165, 1.54) is 57.8 Å². The van der Waals surface area contributed by atoms with Gasteiger partial charge in [-0.25, -0.2) is 0 Å². The number of hydrogen-bond donors (Lipinski definition) is 0. The number of carbonyl (C=O) groups excluding carboxylic acids is 1. The van der Waals surface area contributed by atoms with Crippen LogP contribution in [0.3, 0.4) is 0 Å². The fraction of sp³-hybridized carbons (Fsp3) is 0.552. The number of ether oxygens (including phenoxy) is 2. The maximum atomic E-state index is 13.1. The number of hydrogen-bond acceptors (Lipinski definition) is 3. The molecule has 0 aliphatic heterocycles. The van der Waals surface area contributed by atoms with Crippen LogP contribution in [0.25, 0.3) is 0 Å². The Morgan fingerprint density at radius 2 is 1.22 bits per heavy atom. The van der Waals surface area contributed by atoms with Gasteiger partial charge in [-0.2, -0.15) is 0 Å². The molecule has 0 aliphatic carbocycles. The van der Waals surface area contributed by atoms with Crippen molar-refractivity contribution < 1.29 is 14.3 Å². The van der Waals surface area contributed by atoms with Crippen LogP contribution in [0.15, 0.2) is 48.5 Å². The van der Waals surface area contributed by atoms with Crippen molar-refractivity contribution in [1.82, 2.24) is 0 Å². The Kier molecular flexibility index (Phi) is 13.3. The van der Waals surface area contributed by atoms with Crippen LogP contribution < -0.4 is 9.47 Å². The minimum atomic E-state index is -0.00831. The Hall–Kier alpha value is -2.29. The van der Waals surface area contributed by atoms with Crippen LogP contribution in [0.2, 0.25) is 0 Å². The summed E-state index contributed by atoms with van der Waals surface area (Å²) in [5.41, 5.74) is 1.28. The zero-order valence-electron chi connectivity index (χ0n) is 20.2. The summed E-state index contributed by atoms with van der Waals surface area (Å²) >= 11 is 0. The highest BCUT2D eigenvalue weighted by atomic mass is 16.5. The zero-order chi connectivity index (χ0) is 22.9. The van der Waals surface area contributed by atoms with Gasteiger partial charge in [0.05, 0.1) is 18.8 Å². The molecule has 3 heteroatoms. The highest BCUT2D eigenvalue weighted by Gasteiger charge is 2.16. The Balaban J connectivity index is 1.94. The van der Waals surface area contributed by atoms with E-state index < -0.39 is 0 Å². The fourth-order valence-corrected chi connectivity index (χ4v) is 3.78. The van der Waals surface area contributed by atoms with E-state index in [1.807, 2.05) is 48.5 Å². The van der Waals surface area contributed by atoms with E-state index in [9.17, 15) is 4.79 Å². The van der Waals surface area contributed by atoms with Gasteiger partial charge in [0.15, 0.2) is 5.78 Å². The molecule has 0 bridgehead atoms. The minimum Gasteiger partial charge on any atom is -0.493 e. The van der Waals surface area contributed by atoms with Gasteiger partial charge in [0.1, 0.15) is 11.5 Å². The quantitative estimate of drug-likeness (QED) is 0.173. The number of carbonyl (C=O) groups is 1. The zero-order valence-corrected chi connectivity index (χ0v) is 20.2. The molecule has 2 aromatic carbocycles. The Bertz CT molecular complexity index is 754. The second kappa shape index (κ2) is 16.4. The van der Waals surface area contributed by atoms with Crippen LogP contribution in [0.5, 0.6) is 11.5 Å². The number of unbranched alkanes of at least 4 members (excludes halogenated alkanes) is 10. The van der Waals surface area contributed by atoms with Gasteiger partial charge >= 0.3 is 0 Å². The molecule has 176 valence electrons. The molecule has 3 nitrogen and oxygen atoms in total. The van der Waals surface area contributed by atoms with Crippen molar-refractivity contribution >= 4 is 5.78 Å². The maximum absolute atomic E-state index is 13.1. The molecule has 32 heavy (non-hydrogen) atoms. The van der Waals surface area contributed by atoms with E-state index in [2.05, 4.69) is 13.8 Å². The third-order valence-electron chi connectivity index (χ3n) is 5.76. The first-order valence-corrected chi connectivity index (χ1v) is 12.8. The first kappa shape index (κ1) is 26.0. The molecule has 2 rings (SSSR count). The first-order chi connectivity index (χ1) is 15.8. The average molecular weight is 439 g/mol. The van der Waals surface area contributed by atoms with Gasteiger partial charge < -0.3 is 9.47 Å². The van der Waals surface area contributed by atoms with Crippen molar-refractivity contribution in [3.63, 3.8) is 0 Å². The highest BCUT2D eigenvalue weighted by molar-refractivity contribution is 6.10. The smallest absolute Gasteiger partial charge is 0.196 e. The lowest BCUT2D eigenvalue weighted by Gasteiger charge is -2.14. The Morgan fingerprint density at radius 3 is 1.84 bits per heavy atom. The largest absolute Gasteiger partial charge is 0.493 e. The molecule has 0 aromatic heterocycles. The third kappa shape index (κ3) is 9.89. The summed E-state index contributed by atoms with van der Waals surface area (Å²) in [4.78, 5) is 13.1. The molecule has 0 atom stereocenters. The van der Waals surface area contributed by atoms with Crippen molar-refractivity contribution in [3.05, 3.63) is 59.7 Å². The highest BCUT2D eigenvalue weighted by Crippen LogP contribution is 2.28. The van der Waals surface area contributed by atoms with Crippen LogP contribution in [0, 0.1) is 0 Å². The number of rotatable bonds is 18. The van der Waals surface area contributed by atoms with E-state index >= 15 is 0 Å². The summed E-state index contributed by atoms with van der Waals surface area (Å²) in [5.74, 6) is 1.40. The molecule has 0 amide bonds. The lowest BCUT2D eigenvalue weighted by atomic mass is 10.0. The summed E-state index contributed by atoms with van der Waals surface area (Å²) in [6.45, 7) is 5.80. The molecule has 0 fully saturated rings. The summed E-state index contributed by atoms with van der Waals surface area (Å²) in [6.07, 6.45) is 14.7. The summed E-state index contributed by atoms with van der Waals surface area (Å²) < 4.78 is 12.1. The van der Waals surface area contributed by atoms with Crippen LogP contribution in [0.4, 0.5) is 0 Å². The van der Waals surface area contributed by atoms with E-state index in [4.69, 9.17) is 9.47 Å². The van der Waals surface area contributed by atoms with Crippen molar-refractivity contribution in [2.45, 2.75) is 90.9 Å². The van der Waals surface area contributed by atoms with Crippen molar-refractivity contribution in [2.75, 3.05) is 13.2 Å². The molecule has 0 saturated carbocycles. The third-order valence-corrected chi connectivity index (χ3v) is 5.76. The normalized spacial score (nSPS) is 10.8. The van der Waals surface area contributed by atoms with Crippen LogP contribution in [0.1, 0.15) is 107 Å². The summed E-state index contributed by atoms with van der Waals surface area (Å²) in [6, 6.07) is 15.0. The van der Waals surface area contributed by atoms with Gasteiger partial charge in [0.2, 0.25) is 0 Å². The van der Waals surface area contributed by atoms with Gasteiger partial charge in [-0.15, -0.1) is 0 Å².